The number of rotatable bonds is 5. The molecule has 5 nitrogen and oxygen atoms in total. The zero-order valence-electron chi connectivity index (χ0n) is 12.5. The van der Waals surface area contributed by atoms with Gasteiger partial charge in [0.1, 0.15) is 0 Å². The molecule has 112 valence electrons. The van der Waals surface area contributed by atoms with Gasteiger partial charge in [-0.25, -0.2) is 0 Å². The summed E-state index contributed by atoms with van der Waals surface area (Å²) in [4.78, 5) is 13.9. The van der Waals surface area contributed by atoms with E-state index in [4.69, 9.17) is 5.73 Å². The Kier molecular flexibility index (Phi) is 6.23. The number of aliphatic hydroxyl groups is 1. The van der Waals surface area contributed by atoms with Crippen LogP contribution in [0.5, 0.6) is 0 Å². The molecule has 4 N–H and O–H groups in total. The lowest BCUT2D eigenvalue weighted by Crippen LogP contribution is -2.45. The average molecular weight is 271 g/mol. The first-order chi connectivity index (χ1) is 8.76. The zero-order chi connectivity index (χ0) is 14.5. The first-order valence-corrected chi connectivity index (χ1v) is 7.19. The van der Waals surface area contributed by atoms with Gasteiger partial charge >= 0.3 is 0 Å². The minimum Gasteiger partial charge on any atom is -0.391 e. The van der Waals surface area contributed by atoms with Crippen LogP contribution in [0.4, 0.5) is 0 Å². The summed E-state index contributed by atoms with van der Waals surface area (Å²) in [5.41, 5.74) is 5.90. The Hall–Kier alpha value is -0.650. The number of piperidine rings is 1. The van der Waals surface area contributed by atoms with Crippen molar-refractivity contribution in [3.05, 3.63) is 0 Å². The summed E-state index contributed by atoms with van der Waals surface area (Å²) in [6.07, 6.45) is 2.13. The summed E-state index contributed by atoms with van der Waals surface area (Å²) < 4.78 is 0. The summed E-state index contributed by atoms with van der Waals surface area (Å²) in [5, 5.41) is 12.6. The van der Waals surface area contributed by atoms with Crippen molar-refractivity contribution in [2.24, 2.45) is 11.1 Å². The lowest BCUT2D eigenvalue weighted by atomic mass is 9.89. The first-order valence-electron chi connectivity index (χ1n) is 7.19. The summed E-state index contributed by atoms with van der Waals surface area (Å²) >= 11 is 0. The fourth-order valence-electron chi connectivity index (χ4n) is 2.38. The molecule has 5 heteroatoms. The summed E-state index contributed by atoms with van der Waals surface area (Å²) in [7, 11) is 0. The fourth-order valence-corrected chi connectivity index (χ4v) is 2.38. The molecule has 0 aromatic rings. The highest BCUT2D eigenvalue weighted by Gasteiger charge is 2.20. The predicted molar refractivity (Wildman–Crippen MR) is 76.7 cm³/mol. The van der Waals surface area contributed by atoms with E-state index in [9.17, 15) is 9.90 Å². The van der Waals surface area contributed by atoms with Crippen LogP contribution in [0.2, 0.25) is 0 Å². The number of hydrogen-bond acceptors (Lipinski definition) is 4. The van der Waals surface area contributed by atoms with E-state index in [1.807, 2.05) is 0 Å². The molecule has 1 aliphatic rings. The average Bonchev–Trinajstić information content (AvgIpc) is 2.27. The molecule has 0 spiro atoms. The van der Waals surface area contributed by atoms with Crippen LogP contribution in [0.15, 0.2) is 0 Å². The highest BCUT2D eigenvalue weighted by molar-refractivity contribution is 5.78. The number of hydrogen-bond donors (Lipinski definition) is 3. The van der Waals surface area contributed by atoms with Gasteiger partial charge in [-0.05, 0) is 24.7 Å². The van der Waals surface area contributed by atoms with E-state index in [1.54, 1.807) is 0 Å². The molecule has 1 heterocycles. The van der Waals surface area contributed by atoms with E-state index in [1.165, 1.54) is 0 Å². The molecule has 1 fully saturated rings. The first kappa shape index (κ1) is 16.4. The largest absolute Gasteiger partial charge is 0.391 e. The summed E-state index contributed by atoms with van der Waals surface area (Å²) in [5.74, 6) is -0.0107. The lowest BCUT2D eigenvalue weighted by Gasteiger charge is -2.29. The highest BCUT2D eigenvalue weighted by atomic mass is 16.3. The van der Waals surface area contributed by atoms with Crippen LogP contribution in [0.1, 0.15) is 40.0 Å². The molecule has 1 aliphatic heterocycles. The zero-order valence-corrected chi connectivity index (χ0v) is 12.5. The van der Waals surface area contributed by atoms with Gasteiger partial charge in [0.05, 0.1) is 12.6 Å². The Bertz CT molecular complexity index is 281. The van der Waals surface area contributed by atoms with Gasteiger partial charge in [0.25, 0.3) is 0 Å². The molecule has 1 amide bonds. The van der Waals surface area contributed by atoms with E-state index < -0.39 is 6.10 Å². The second-order valence-corrected chi connectivity index (χ2v) is 6.84. The molecule has 1 unspecified atom stereocenters. The molecule has 0 aromatic carbocycles. The van der Waals surface area contributed by atoms with E-state index in [-0.39, 0.29) is 17.4 Å². The molecule has 0 bridgehead atoms. The van der Waals surface area contributed by atoms with Gasteiger partial charge in [-0.1, -0.05) is 20.8 Å². The van der Waals surface area contributed by atoms with Crippen molar-refractivity contribution in [3.63, 3.8) is 0 Å². The van der Waals surface area contributed by atoms with Crippen molar-refractivity contribution in [2.75, 3.05) is 26.2 Å². The Labute approximate surface area is 116 Å². The normalized spacial score (nSPS) is 20.3. The Balaban J connectivity index is 2.17. The smallest absolute Gasteiger partial charge is 0.234 e. The second kappa shape index (κ2) is 7.22. The minimum atomic E-state index is -0.473. The van der Waals surface area contributed by atoms with E-state index in [0.717, 1.165) is 25.9 Å². The topological polar surface area (TPSA) is 78.6 Å². The van der Waals surface area contributed by atoms with Gasteiger partial charge in [0.15, 0.2) is 0 Å². The van der Waals surface area contributed by atoms with Crippen molar-refractivity contribution in [1.29, 1.82) is 0 Å². The summed E-state index contributed by atoms with van der Waals surface area (Å²) in [6.45, 7) is 8.76. The molecule has 19 heavy (non-hydrogen) atoms. The van der Waals surface area contributed by atoms with Crippen LogP contribution in [-0.2, 0) is 4.79 Å². The summed E-state index contributed by atoms with van der Waals surface area (Å²) in [6, 6.07) is 0.285. The van der Waals surface area contributed by atoms with Crippen molar-refractivity contribution in [3.8, 4) is 0 Å². The number of aliphatic hydroxyl groups excluding tert-OH is 1. The van der Waals surface area contributed by atoms with Crippen LogP contribution in [0, 0.1) is 5.41 Å². The molecule has 0 aliphatic carbocycles. The van der Waals surface area contributed by atoms with Crippen molar-refractivity contribution in [2.45, 2.75) is 52.2 Å². The number of carbonyl (C=O) groups excluding carboxylic acids is 1. The maximum absolute atomic E-state index is 11.8. The maximum Gasteiger partial charge on any atom is 0.234 e. The van der Waals surface area contributed by atoms with Crippen LogP contribution >= 0.6 is 0 Å². The van der Waals surface area contributed by atoms with E-state index >= 15 is 0 Å². The number of likely N-dealkylation sites (tertiary alicyclic amines) is 1. The fraction of sp³-hybridized carbons (Fsp3) is 0.929. The quantitative estimate of drug-likeness (QED) is 0.673. The molecule has 1 saturated heterocycles. The molecular formula is C14H29N3O2. The standard InChI is InChI=1S/C14H29N3O2/c1-14(2,3)8-12(18)9-16-13(19)10-17-6-4-11(15)5-7-17/h11-12,18H,4-10,15H2,1-3H3,(H,16,19). The number of carbonyl (C=O) groups is 1. The van der Waals surface area contributed by atoms with Gasteiger partial charge < -0.3 is 16.2 Å². The molecule has 1 atom stereocenters. The van der Waals surface area contributed by atoms with Gasteiger partial charge in [-0.2, -0.15) is 0 Å². The molecular weight excluding hydrogens is 242 g/mol. The third-order valence-corrected chi connectivity index (χ3v) is 3.38. The Morgan fingerprint density at radius 1 is 1.42 bits per heavy atom. The second-order valence-electron chi connectivity index (χ2n) is 6.84. The van der Waals surface area contributed by atoms with Gasteiger partial charge in [0, 0.05) is 25.7 Å². The van der Waals surface area contributed by atoms with Gasteiger partial charge in [-0.15, -0.1) is 0 Å². The number of nitrogens with one attached hydrogen (secondary N) is 1. The number of amides is 1. The van der Waals surface area contributed by atoms with Crippen molar-refractivity contribution >= 4 is 5.91 Å². The third kappa shape index (κ3) is 7.50. The number of nitrogens with two attached hydrogens (primary N) is 1. The van der Waals surface area contributed by atoms with Crippen LogP contribution in [-0.4, -0.2) is 54.2 Å². The van der Waals surface area contributed by atoms with Crippen LogP contribution in [0.3, 0.4) is 0 Å². The van der Waals surface area contributed by atoms with Crippen LogP contribution < -0.4 is 11.1 Å². The van der Waals surface area contributed by atoms with Crippen molar-refractivity contribution in [1.82, 2.24) is 10.2 Å². The molecule has 0 radical (unpaired) electrons. The number of nitrogens with zero attached hydrogens (tertiary/aromatic N) is 1. The predicted octanol–water partition coefficient (Wildman–Crippen LogP) is 0.323. The van der Waals surface area contributed by atoms with E-state index in [0.29, 0.717) is 19.5 Å². The van der Waals surface area contributed by atoms with Crippen molar-refractivity contribution < 1.29 is 9.90 Å². The molecule has 0 aromatic heterocycles. The van der Waals surface area contributed by atoms with Gasteiger partial charge in [-0.3, -0.25) is 9.69 Å². The van der Waals surface area contributed by atoms with Crippen LogP contribution in [0.25, 0.3) is 0 Å². The van der Waals surface area contributed by atoms with E-state index in [2.05, 4.69) is 31.0 Å². The maximum atomic E-state index is 11.8. The minimum absolute atomic E-state index is 0.0107. The lowest BCUT2D eigenvalue weighted by molar-refractivity contribution is -0.123. The molecule has 1 rings (SSSR count). The van der Waals surface area contributed by atoms with Gasteiger partial charge in [0.2, 0.25) is 5.91 Å². The monoisotopic (exact) mass is 271 g/mol. The third-order valence-electron chi connectivity index (χ3n) is 3.38. The molecule has 0 saturated carbocycles. The SMILES string of the molecule is CC(C)(C)CC(O)CNC(=O)CN1CCC(N)CC1. The highest BCUT2D eigenvalue weighted by Crippen LogP contribution is 2.20. The Morgan fingerprint density at radius 3 is 2.53 bits per heavy atom. The Morgan fingerprint density at radius 2 is 2.00 bits per heavy atom.